The van der Waals surface area contributed by atoms with Crippen LogP contribution in [0, 0.1) is 11.6 Å². The molecule has 27 heavy (non-hydrogen) atoms. The van der Waals surface area contributed by atoms with Gasteiger partial charge in [0, 0.05) is 41.8 Å². The van der Waals surface area contributed by atoms with Gasteiger partial charge in [-0.15, -0.1) is 0 Å². The number of aliphatic hydroxyl groups excluding tert-OH is 1. The Labute approximate surface area is 153 Å². The first-order valence-electron chi connectivity index (χ1n) is 8.63. The van der Waals surface area contributed by atoms with E-state index in [-0.39, 0.29) is 11.6 Å². The lowest BCUT2D eigenvalue weighted by atomic mass is 10.1. The third-order valence-electron chi connectivity index (χ3n) is 4.80. The zero-order valence-electron chi connectivity index (χ0n) is 14.3. The van der Waals surface area contributed by atoms with Crippen LogP contribution in [0.25, 0.3) is 10.9 Å². The van der Waals surface area contributed by atoms with Gasteiger partial charge in [0.05, 0.1) is 11.7 Å². The molecule has 0 saturated carbocycles. The third kappa shape index (κ3) is 3.48. The van der Waals surface area contributed by atoms with Gasteiger partial charge in [0.15, 0.2) is 6.10 Å². The fourth-order valence-corrected chi connectivity index (χ4v) is 3.38. The second kappa shape index (κ2) is 6.96. The van der Waals surface area contributed by atoms with Gasteiger partial charge in [0.25, 0.3) is 5.91 Å². The summed E-state index contributed by atoms with van der Waals surface area (Å²) in [5, 5.41) is 21.4. The van der Waals surface area contributed by atoms with E-state index in [1.807, 2.05) is 18.2 Å². The number of amides is 1. The van der Waals surface area contributed by atoms with Crippen LogP contribution in [0.5, 0.6) is 0 Å². The number of carbonyl (C=O) groups excluding carboxylic acids is 1. The normalized spacial score (nSPS) is 18.0. The summed E-state index contributed by atoms with van der Waals surface area (Å²) >= 11 is 0. The van der Waals surface area contributed by atoms with Gasteiger partial charge >= 0.3 is 0 Å². The van der Waals surface area contributed by atoms with Gasteiger partial charge in [-0.1, -0.05) is 6.07 Å². The van der Waals surface area contributed by atoms with Crippen molar-refractivity contribution in [2.24, 2.45) is 0 Å². The van der Waals surface area contributed by atoms with E-state index >= 15 is 0 Å². The lowest BCUT2D eigenvalue weighted by Gasteiger charge is -2.21. The molecule has 1 aliphatic heterocycles. The second-order valence-corrected chi connectivity index (χ2v) is 6.65. The molecule has 0 bridgehead atoms. The molecule has 1 aromatic heterocycles. The second-order valence-electron chi connectivity index (χ2n) is 6.65. The van der Waals surface area contributed by atoms with Crippen molar-refractivity contribution in [3.8, 4) is 0 Å². The molecule has 0 spiro atoms. The van der Waals surface area contributed by atoms with Crippen molar-refractivity contribution in [1.82, 2.24) is 15.1 Å². The molecule has 140 valence electrons. The van der Waals surface area contributed by atoms with Crippen LogP contribution in [-0.4, -0.2) is 45.2 Å². The molecule has 2 atom stereocenters. The largest absolute Gasteiger partial charge is 0.380 e. The van der Waals surface area contributed by atoms with E-state index in [0.717, 1.165) is 28.7 Å². The van der Waals surface area contributed by atoms with E-state index < -0.39 is 23.6 Å². The Morgan fingerprint density at radius 2 is 2.15 bits per heavy atom. The SMILES string of the molecule is O=C(C(O)c1ccc(F)cc1F)N1CCC(Nc2ccc3[nH]ncc3c2)C1. The van der Waals surface area contributed by atoms with Gasteiger partial charge in [-0.05, 0) is 30.7 Å². The summed E-state index contributed by atoms with van der Waals surface area (Å²) < 4.78 is 26.8. The molecule has 0 radical (unpaired) electrons. The van der Waals surface area contributed by atoms with Crippen LogP contribution in [0.1, 0.15) is 18.1 Å². The third-order valence-corrected chi connectivity index (χ3v) is 4.80. The minimum atomic E-state index is -1.65. The number of rotatable bonds is 4. The Bertz CT molecular complexity index is 991. The summed E-state index contributed by atoms with van der Waals surface area (Å²) in [6.45, 7) is 0.840. The number of likely N-dealkylation sites (tertiary alicyclic amines) is 1. The molecule has 1 amide bonds. The Balaban J connectivity index is 1.41. The van der Waals surface area contributed by atoms with Crippen molar-refractivity contribution in [3.05, 3.63) is 59.8 Å². The molecular formula is C19H18F2N4O2. The van der Waals surface area contributed by atoms with Crippen molar-refractivity contribution in [2.45, 2.75) is 18.6 Å². The highest BCUT2D eigenvalue weighted by atomic mass is 19.1. The summed E-state index contributed by atoms with van der Waals surface area (Å²) in [6.07, 6.45) is 0.790. The monoisotopic (exact) mass is 372 g/mol. The average Bonchev–Trinajstić information content (AvgIpc) is 3.29. The number of aliphatic hydroxyl groups is 1. The number of aromatic amines is 1. The molecule has 2 heterocycles. The minimum absolute atomic E-state index is 0.0172. The number of halogens is 2. The smallest absolute Gasteiger partial charge is 0.256 e. The van der Waals surface area contributed by atoms with Gasteiger partial charge in [0.1, 0.15) is 11.6 Å². The van der Waals surface area contributed by atoms with Crippen molar-refractivity contribution in [1.29, 1.82) is 0 Å². The molecule has 6 nitrogen and oxygen atoms in total. The zero-order chi connectivity index (χ0) is 19.0. The summed E-state index contributed by atoms with van der Waals surface area (Å²) in [5.74, 6) is -2.27. The van der Waals surface area contributed by atoms with Crippen molar-refractivity contribution in [3.63, 3.8) is 0 Å². The first-order chi connectivity index (χ1) is 13.0. The molecule has 1 fully saturated rings. The summed E-state index contributed by atoms with van der Waals surface area (Å²) in [4.78, 5) is 14.0. The number of nitrogens with one attached hydrogen (secondary N) is 2. The predicted octanol–water partition coefficient (Wildman–Crippen LogP) is 2.59. The summed E-state index contributed by atoms with van der Waals surface area (Å²) in [7, 11) is 0. The fraction of sp³-hybridized carbons (Fsp3) is 0.263. The van der Waals surface area contributed by atoms with Crippen molar-refractivity contribution >= 4 is 22.5 Å². The van der Waals surface area contributed by atoms with Crippen LogP contribution in [0.4, 0.5) is 14.5 Å². The molecule has 1 aliphatic rings. The lowest BCUT2D eigenvalue weighted by molar-refractivity contribution is -0.139. The Hall–Kier alpha value is -3.00. The molecule has 8 heteroatoms. The van der Waals surface area contributed by atoms with Crippen LogP contribution in [0.3, 0.4) is 0 Å². The van der Waals surface area contributed by atoms with Gasteiger partial charge < -0.3 is 15.3 Å². The molecule has 4 rings (SSSR count). The van der Waals surface area contributed by atoms with Crippen LogP contribution >= 0.6 is 0 Å². The van der Waals surface area contributed by atoms with E-state index in [1.165, 1.54) is 4.90 Å². The minimum Gasteiger partial charge on any atom is -0.380 e. The standard InChI is InChI=1S/C19H18F2N4O2/c20-12-1-3-15(16(21)8-12)18(26)19(27)25-6-5-14(10-25)23-13-2-4-17-11(7-13)9-22-24-17/h1-4,7-9,14,18,23,26H,5-6,10H2,(H,22,24). The lowest BCUT2D eigenvalue weighted by Crippen LogP contribution is -2.35. The molecule has 3 aromatic rings. The highest BCUT2D eigenvalue weighted by molar-refractivity contribution is 5.83. The van der Waals surface area contributed by atoms with E-state index in [1.54, 1.807) is 6.20 Å². The maximum Gasteiger partial charge on any atom is 0.256 e. The Morgan fingerprint density at radius 3 is 2.96 bits per heavy atom. The first-order valence-corrected chi connectivity index (χ1v) is 8.63. The predicted molar refractivity (Wildman–Crippen MR) is 96.0 cm³/mol. The number of H-pyrrole nitrogens is 1. The number of hydrogen-bond donors (Lipinski definition) is 3. The van der Waals surface area contributed by atoms with Gasteiger partial charge in [0.2, 0.25) is 0 Å². The number of nitrogens with zero attached hydrogens (tertiary/aromatic N) is 2. The van der Waals surface area contributed by atoms with Crippen molar-refractivity contribution in [2.75, 3.05) is 18.4 Å². The number of carbonyl (C=O) groups is 1. The van der Waals surface area contributed by atoms with Crippen LogP contribution in [0.2, 0.25) is 0 Å². The van der Waals surface area contributed by atoms with E-state index in [9.17, 15) is 18.7 Å². The van der Waals surface area contributed by atoms with Gasteiger partial charge in [-0.2, -0.15) is 5.10 Å². The number of benzene rings is 2. The maximum atomic E-state index is 13.8. The number of aromatic nitrogens is 2. The molecule has 2 aromatic carbocycles. The molecular weight excluding hydrogens is 354 g/mol. The molecule has 1 saturated heterocycles. The quantitative estimate of drug-likeness (QED) is 0.658. The van der Waals surface area contributed by atoms with Crippen LogP contribution in [-0.2, 0) is 4.79 Å². The number of hydrogen-bond acceptors (Lipinski definition) is 4. The van der Waals surface area contributed by atoms with Crippen LogP contribution in [0.15, 0.2) is 42.6 Å². The molecule has 0 aliphatic carbocycles. The zero-order valence-corrected chi connectivity index (χ0v) is 14.3. The van der Waals surface area contributed by atoms with Gasteiger partial charge in [-0.3, -0.25) is 9.89 Å². The topological polar surface area (TPSA) is 81.2 Å². The summed E-state index contributed by atoms with van der Waals surface area (Å²) in [5.41, 5.74) is 1.63. The maximum absolute atomic E-state index is 13.8. The van der Waals surface area contributed by atoms with E-state index in [2.05, 4.69) is 15.5 Å². The molecule has 3 N–H and O–H groups in total. The fourth-order valence-electron chi connectivity index (χ4n) is 3.38. The van der Waals surface area contributed by atoms with E-state index in [0.29, 0.717) is 25.6 Å². The van der Waals surface area contributed by atoms with Crippen LogP contribution < -0.4 is 5.32 Å². The average molecular weight is 372 g/mol. The Kier molecular flexibility index (Phi) is 4.49. The number of fused-ring (bicyclic) bond motifs is 1. The number of anilines is 1. The first kappa shape index (κ1) is 17.4. The highest BCUT2D eigenvalue weighted by Gasteiger charge is 2.32. The molecule has 2 unspecified atom stereocenters. The summed E-state index contributed by atoms with van der Waals surface area (Å²) in [6, 6.07) is 8.60. The van der Waals surface area contributed by atoms with Crippen molar-refractivity contribution < 1.29 is 18.7 Å². The Morgan fingerprint density at radius 1 is 1.30 bits per heavy atom. The van der Waals surface area contributed by atoms with E-state index in [4.69, 9.17) is 0 Å². The highest BCUT2D eigenvalue weighted by Crippen LogP contribution is 2.24. The van der Waals surface area contributed by atoms with Gasteiger partial charge in [-0.25, -0.2) is 8.78 Å².